The summed E-state index contributed by atoms with van der Waals surface area (Å²) in [6, 6.07) is 7.67. The Bertz CT molecular complexity index is 480. The summed E-state index contributed by atoms with van der Waals surface area (Å²) in [5.41, 5.74) is 2.98. The standard InChI is InChI=1S/C18H27ClN2/c1-13(2)21(12-14-7-9-20-10-8-14)18-6-3-15-11-16(19)4-5-17(15)18/h4-5,11,13-14,18,20H,3,6-10,12H2,1-2H3. The minimum Gasteiger partial charge on any atom is -0.317 e. The molecule has 1 aliphatic carbocycles. The van der Waals surface area contributed by atoms with Crippen molar-refractivity contribution in [1.82, 2.24) is 10.2 Å². The van der Waals surface area contributed by atoms with Crippen LogP contribution in [0.4, 0.5) is 0 Å². The second kappa shape index (κ2) is 6.68. The predicted molar refractivity (Wildman–Crippen MR) is 89.9 cm³/mol. The molecule has 3 rings (SSSR count). The summed E-state index contributed by atoms with van der Waals surface area (Å²) in [6.45, 7) is 8.30. The number of nitrogens with one attached hydrogen (secondary N) is 1. The first kappa shape index (κ1) is 15.3. The summed E-state index contributed by atoms with van der Waals surface area (Å²) in [6.07, 6.45) is 5.07. The molecule has 2 aliphatic rings. The van der Waals surface area contributed by atoms with E-state index < -0.39 is 0 Å². The molecule has 0 amide bonds. The number of aryl methyl sites for hydroxylation is 1. The summed E-state index contributed by atoms with van der Waals surface area (Å²) in [5, 5.41) is 4.35. The molecule has 0 spiro atoms. The fourth-order valence-corrected chi connectivity index (χ4v) is 4.16. The lowest BCUT2D eigenvalue weighted by Gasteiger charge is -2.37. The molecule has 1 atom stereocenters. The smallest absolute Gasteiger partial charge is 0.0408 e. The number of fused-ring (bicyclic) bond motifs is 1. The van der Waals surface area contributed by atoms with Crippen LogP contribution in [0.25, 0.3) is 0 Å². The molecule has 1 N–H and O–H groups in total. The topological polar surface area (TPSA) is 15.3 Å². The number of halogens is 1. The molecule has 1 heterocycles. The van der Waals surface area contributed by atoms with Crippen LogP contribution in [-0.4, -0.2) is 30.6 Å². The Balaban J connectivity index is 1.76. The minimum atomic E-state index is 0.590. The molecule has 1 unspecified atom stereocenters. The Morgan fingerprint density at radius 1 is 1.24 bits per heavy atom. The Labute approximate surface area is 133 Å². The quantitative estimate of drug-likeness (QED) is 0.903. The fourth-order valence-electron chi connectivity index (χ4n) is 3.97. The molecule has 2 nitrogen and oxygen atoms in total. The third-order valence-corrected chi connectivity index (χ3v) is 5.38. The largest absolute Gasteiger partial charge is 0.317 e. The SMILES string of the molecule is CC(C)N(CC1CCNCC1)C1CCc2cc(Cl)ccc21. The highest BCUT2D eigenvalue weighted by Gasteiger charge is 2.31. The zero-order chi connectivity index (χ0) is 14.8. The Kier molecular flexibility index (Phi) is 4.88. The maximum absolute atomic E-state index is 6.15. The van der Waals surface area contributed by atoms with E-state index in [-0.39, 0.29) is 0 Å². The minimum absolute atomic E-state index is 0.590. The monoisotopic (exact) mass is 306 g/mol. The second-order valence-corrected chi connectivity index (χ2v) is 7.32. The summed E-state index contributed by atoms with van der Waals surface area (Å²) < 4.78 is 0. The van der Waals surface area contributed by atoms with E-state index in [0.717, 1.165) is 10.9 Å². The Morgan fingerprint density at radius 2 is 2.00 bits per heavy atom. The molecule has 1 aromatic carbocycles. The van der Waals surface area contributed by atoms with Crippen molar-refractivity contribution in [3.63, 3.8) is 0 Å². The average molecular weight is 307 g/mol. The van der Waals surface area contributed by atoms with E-state index in [9.17, 15) is 0 Å². The summed E-state index contributed by atoms with van der Waals surface area (Å²) >= 11 is 6.15. The van der Waals surface area contributed by atoms with E-state index in [1.54, 1.807) is 0 Å². The summed E-state index contributed by atoms with van der Waals surface area (Å²) in [5.74, 6) is 0.852. The van der Waals surface area contributed by atoms with Crippen molar-refractivity contribution in [3.05, 3.63) is 34.3 Å². The lowest BCUT2D eigenvalue weighted by molar-refractivity contribution is 0.116. The normalized spacial score (nSPS) is 23.0. The van der Waals surface area contributed by atoms with E-state index in [2.05, 4.69) is 42.3 Å². The van der Waals surface area contributed by atoms with Gasteiger partial charge in [0.05, 0.1) is 0 Å². The van der Waals surface area contributed by atoms with Gasteiger partial charge in [-0.05, 0) is 81.8 Å². The molecule has 0 bridgehead atoms. The van der Waals surface area contributed by atoms with Gasteiger partial charge in [-0.3, -0.25) is 4.90 Å². The Hall–Kier alpha value is -0.570. The van der Waals surface area contributed by atoms with E-state index in [1.807, 2.05) is 0 Å². The van der Waals surface area contributed by atoms with Gasteiger partial charge in [0.25, 0.3) is 0 Å². The van der Waals surface area contributed by atoms with Crippen molar-refractivity contribution >= 4 is 11.6 Å². The first-order valence-electron chi connectivity index (χ1n) is 8.40. The molecule has 116 valence electrons. The van der Waals surface area contributed by atoms with E-state index in [0.29, 0.717) is 12.1 Å². The van der Waals surface area contributed by atoms with Gasteiger partial charge in [-0.2, -0.15) is 0 Å². The van der Waals surface area contributed by atoms with Crippen molar-refractivity contribution in [2.75, 3.05) is 19.6 Å². The lowest BCUT2D eigenvalue weighted by atomic mass is 9.95. The number of piperidine rings is 1. The molecule has 1 aromatic rings. The van der Waals surface area contributed by atoms with Gasteiger partial charge >= 0.3 is 0 Å². The Morgan fingerprint density at radius 3 is 2.71 bits per heavy atom. The molecule has 3 heteroatoms. The van der Waals surface area contributed by atoms with Gasteiger partial charge in [0.2, 0.25) is 0 Å². The van der Waals surface area contributed by atoms with E-state index >= 15 is 0 Å². The van der Waals surface area contributed by atoms with Crippen molar-refractivity contribution in [3.8, 4) is 0 Å². The lowest BCUT2D eigenvalue weighted by Crippen LogP contribution is -2.41. The highest BCUT2D eigenvalue weighted by Crippen LogP contribution is 2.38. The van der Waals surface area contributed by atoms with Gasteiger partial charge < -0.3 is 5.32 Å². The van der Waals surface area contributed by atoms with Crippen LogP contribution in [0.3, 0.4) is 0 Å². The fraction of sp³-hybridized carbons (Fsp3) is 0.667. The molecular weight excluding hydrogens is 280 g/mol. The molecule has 0 radical (unpaired) electrons. The van der Waals surface area contributed by atoms with Crippen LogP contribution in [0.5, 0.6) is 0 Å². The van der Waals surface area contributed by atoms with Crippen LogP contribution in [0.1, 0.15) is 50.3 Å². The van der Waals surface area contributed by atoms with Crippen LogP contribution in [-0.2, 0) is 6.42 Å². The first-order chi connectivity index (χ1) is 10.1. The van der Waals surface area contributed by atoms with Gasteiger partial charge in [0, 0.05) is 23.7 Å². The van der Waals surface area contributed by atoms with Crippen molar-refractivity contribution in [1.29, 1.82) is 0 Å². The number of hydrogen-bond acceptors (Lipinski definition) is 2. The van der Waals surface area contributed by atoms with Gasteiger partial charge in [0.1, 0.15) is 0 Å². The van der Waals surface area contributed by atoms with Gasteiger partial charge in [-0.25, -0.2) is 0 Å². The highest BCUT2D eigenvalue weighted by molar-refractivity contribution is 6.30. The zero-order valence-electron chi connectivity index (χ0n) is 13.2. The molecular formula is C18H27ClN2. The average Bonchev–Trinajstić information content (AvgIpc) is 2.88. The van der Waals surface area contributed by atoms with Crippen LogP contribution in [0.2, 0.25) is 5.02 Å². The van der Waals surface area contributed by atoms with E-state index in [4.69, 9.17) is 11.6 Å². The molecule has 21 heavy (non-hydrogen) atoms. The van der Waals surface area contributed by atoms with Crippen LogP contribution >= 0.6 is 11.6 Å². The molecule has 0 saturated carbocycles. The third-order valence-electron chi connectivity index (χ3n) is 5.14. The predicted octanol–water partition coefficient (Wildman–Crippen LogP) is 4.04. The summed E-state index contributed by atoms with van der Waals surface area (Å²) in [4.78, 5) is 2.73. The molecule has 1 saturated heterocycles. The summed E-state index contributed by atoms with van der Waals surface area (Å²) in [7, 11) is 0. The van der Waals surface area contributed by atoms with Crippen LogP contribution in [0.15, 0.2) is 18.2 Å². The van der Waals surface area contributed by atoms with Crippen LogP contribution < -0.4 is 5.32 Å². The molecule has 1 aliphatic heterocycles. The van der Waals surface area contributed by atoms with E-state index in [1.165, 1.54) is 56.4 Å². The van der Waals surface area contributed by atoms with Crippen molar-refractivity contribution in [2.45, 2.75) is 51.6 Å². The van der Waals surface area contributed by atoms with Crippen LogP contribution in [0, 0.1) is 5.92 Å². The maximum Gasteiger partial charge on any atom is 0.0408 e. The van der Waals surface area contributed by atoms with Gasteiger partial charge in [0.15, 0.2) is 0 Å². The van der Waals surface area contributed by atoms with Crippen molar-refractivity contribution in [2.24, 2.45) is 5.92 Å². The number of hydrogen-bond donors (Lipinski definition) is 1. The molecule has 0 aromatic heterocycles. The maximum atomic E-state index is 6.15. The zero-order valence-corrected chi connectivity index (χ0v) is 14.0. The van der Waals surface area contributed by atoms with Gasteiger partial charge in [-0.15, -0.1) is 0 Å². The molecule has 1 fully saturated rings. The second-order valence-electron chi connectivity index (χ2n) is 6.88. The first-order valence-corrected chi connectivity index (χ1v) is 8.77. The number of benzene rings is 1. The highest BCUT2D eigenvalue weighted by atomic mass is 35.5. The van der Waals surface area contributed by atoms with Crippen molar-refractivity contribution < 1.29 is 0 Å². The number of nitrogens with zero attached hydrogens (tertiary/aromatic N) is 1. The van der Waals surface area contributed by atoms with Gasteiger partial charge in [-0.1, -0.05) is 17.7 Å². The number of rotatable bonds is 4. The third kappa shape index (κ3) is 3.44.